The summed E-state index contributed by atoms with van der Waals surface area (Å²) in [6, 6.07) is 7.20. The first kappa shape index (κ1) is 20.3. The molecule has 1 aromatic carbocycles. The molecular formula is C19H26N2O4S. The van der Waals surface area contributed by atoms with Crippen molar-refractivity contribution in [3.05, 3.63) is 29.8 Å². The molecule has 1 saturated carbocycles. The van der Waals surface area contributed by atoms with Gasteiger partial charge in [-0.05, 0) is 38.8 Å². The molecule has 1 fully saturated rings. The van der Waals surface area contributed by atoms with Crippen LogP contribution >= 0.6 is 11.8 Å². The first-order chi connectivity index (χ1) is 12.5. The predicted molar refractivity (Wildman–Crippen MR) is 101 cm³/mol. The molecule has 0 radical (unpaired) electrons. The second kappa shape index (κ2) is 10.2. The Morgan fingerprint density at radius 1 is 1.15 bits per heavy atom. The van der Waals surface area contributed by atoms with Crippen LogP contribution in [0, 0.1) is 0 Å². The Hall–Kier alpha value is -2.02. The van der Waals surface area contributed by atoms with Crippen LogP contribution in [0.2, 0.25) is 0 Å². The first-order valence-corrected chi connectivity index (χ1v) is 9.92. The van der Waals surface area contributed by atoms with Gasteiger partial charge in [0.2, 0.25) is 5.91 Å². The predicted octanol–water partition coefficient (Wildman–Crippen LogP) is 2.52. The number of nitrogens with one attached hydrogen (secondary N) is 2. The van der Waals surface area contributed by atoms with E-state index in [1.54, 1.807) is 24.3 Å². The molecule has 7 heteroatoms. The molecule has 1 aliphatic rings. The highest BCUT2D eigenvalue weighted by Gasteiger charge is 2.19. The van der Waals surface area contributed by atoms with Crippen LogP contribution in [-0.2, 0) is 14.3 Å². The Balaban J connectivity index is 1.85. The smallest absolute Gasteiger partial charge is 0.339 e. The number of benzene rings is 1. The minimum Gasteiger partial charge on any atom is -0.452 e. The van der Waals surface area contributed by atoms with E-state index in [1.165, 1.54) is 11.8 Å². The Morgan fingerprint density at radius 3 is 2.54 bits per heavy atom. The van der Waals surface area contributed by atoms with Gasteiger partial charge in [-0.2, -0.15) is 0 Å². The second-order valence-electron chi connectivity index (χ2n) is 6.63. The van der Waals surface area contributed by atoms with Gasteiger partial charge in [-0.1, -0.05) is 25.0 Å². The van der Waals surface area contributed by atoms with Crippen LogP contribution < -0.4 is 10.6 Å². The van der Waals surface area contributed by atoms with Crippen LogP contribution in [0.4, 0.5) is 0 Å². The highest BCUT2D eigenvalue weighted by Crippen LogP contribution is 2.23. The molecule has 0 aromatic heterocycles. The van der Waals surface area contributed by atoms with Crippen molar-refractivity contribution < 1.29 is 19.1 Å². The van der Waals surface area contributed by atoms with Gasteiger partial charge in [-0.15, -0.1) is 11.8 Å². The van der Waals surface area contributed by atoms with Crippen molar-refractivity contribution in [3.63, 3.8) is 0 Å². The molecule has 0 bridgehead atoms. The number of hydrogen-bond acceptors (Lipinski definition) is 5. The Kier molecular flexibility index (Phi) is 7.97. The van der Waals surface area contributed by atoms with Gasteiger partial charge in [0, 0.05) is 17.0 Å². The minimum atomic E-state index is -0.557. The fourth-order valence-corrected chi connectivity index (χ4v) is 3.67. The number of thioether (sulfide) groups is 1. The molecule has 142 valence electrons. The van der Waals surface area contributed by atoms with Crippen LogP contribution in [0.15, 0.2) is 29.2 Å². The molecule has 6 nitrogen and oxygen atoms in total. The van der Waals surface area contributed by atoms with Crippen LogP contribution in [0.5, 0.6) is 0 Å². The fraction of sp³-hybridized carbons (Fsp3) is 0.526. The van der Waals surface area contributed by atoms with Gasteiger partial charge in [0.1, 0.15) is 0 Å². The highest BCUT2D eigenvalue weighted by atomic mass is 32.2. The number of carbonyl (C=O) groups excluding carboxylic acids is 3. The van der Waals surface area contributed by atoms with Crippen molar-refractivity contribution in [2.24, 2.45) is 0 Å². The van der Waals surface area contributed by atoms with Crippen LogP contribution in [-0.4, -0.2) is 42.2 Å². The third-order valence-corrected chi connectivity index (χ3v) is 5.04. The zero-order chi connectivity index (χ0) is 18.9. The Labute approximate surface area is 158 Å². The Morgan fingerprint density at radius 2 is 1.85 bits per heavy atom. The van der Waals surface area contributed by atoms with Crippen molar-refractivity contribution >= 4 is 29.5 Å². The summed E-state index contributed by atoms with van der Waals surface area (Å²) in [5.74, 6) is -0.709. The topological polar surface area (TPSA) is 84.5 Å². The lowest BCUT2D eigenvalue weighted by atomic mass is 10.2. The minimum absolute atomic E-state index is 0.0710. The van der Waals surface area contributed by atoms with E-state index in [4.69, 9.17) is 4.74 Å². The average molecular weight is 378 g/mol. The van der Waals surface area contributed by atoms with Gasteiger partial charge < -0.3 is 15.4 Å². The maximum atomic E-state index is 12.3. The van der Waals surface area contributed by atoms with Crippen molar-refractivity contribution in [2.75, 3.05) is 12.4 Å². The first-order valence-electron chi connectivity index (χ1n) is 8.93. The standard InChI is InChI=1S/C19H26N2O4S/c1-13(2)20-18(23)12-26-16-10-6-5-9-15(16)19(24)25-11-17(22)21-14-7-3-4-8-14/h5-6,9-10,13-14H,3-4,7-8,11-12H2,1-2H3,(H,20,23)(H,21,22). The molecule has 2 amide bonds. The molecular weight excluding hydrogens is 352 g/mol. The molecule has 2 rings (SSSR count). The van der Waals surface area contributed by atoms with Gasteiger partial charge in [-0.3, -0.25) is 9.59 Å². The van der Waals surface area contributed by atoms with E-state index in [0.29, 0.717) is 10.5 Å². The van der Waals surface area contributed by atoms with E-state index in [1.807, 2.05) is 13.8 Å². The van der Waals surface area contributed by atoms with E-state index < -0.39 is 5.97 Å². The lowest BCUT2D eigenvalue weighted by molar-refractivity contribution is -0.125. The number of ether oxygens (including phenoxy) is 1. The van der Waals surface area contributed by atoms with E-state index in [9.17, 15) is 14.4 Å². The van der Waals surface area contributed by atoms with Gasteiger partial charge >= 0.3 is 5.97 Å². The molecule has 26 heavy (non-hydrogen) atoms. The molecule has 1 aromatic rings. The molecule has 0 atom stereocenters. The zero-order valence-electron chi connectivity index (χ0n) is 15.2. The summed E-state index contributed by atoms with van der Waals surface area (Å²) in [5.41, 5.74) is 0.364. The molecule has 2 N–H and O–H groups in total. The van der Waals surface area contributed by atoms with E-state index in [0.717, 1.165) is 25.7 Å². The van der Waals surface area contributed by atoms with Crippen molar-refractivity contribution in [3.8, 4) is 0 Å². The summed E-state index contributed by atoms with van der Waals surface area (Å²) in [4.78, 5) is 36.7. The SMILES string of the molecule is CC(C)NC(=O)CSc1ccccc1C(=O)OCC(=O)NC1CCCC1. The van der Waals surface area contributed by atoms with Crippen molar-refractivity contribution in [2.45, 2.75) is 56.5 Å². The molecule has 0 heterocycles. The lowest BCUT2D eigenvalue weighted by Gasteiger charge is -2.13. The number of esters is 1. The van der Waals surface area contributed by atoms with E-state index in [-0.39, 0.29) is 36.3 Å². The lowest BCUT2D eigenvalue weighted by Crippen LogP contribution is -2.35. The monoisotopic (exact) mass is 378 g/mol. The number of hydrogen-bond donors (Lipinski definition) is 2. The summed E-state index contributed by atoms with van der Waals surface area (Å²) in [6.45, 7) is 3.50. The average Bonchev–Trinajstić information content (AvgIpc) is 3.10. The molecule has 0 saturated heterocycles. The summed E-state index contributed by atoms with van der Waals surface area (Å²) < 4.78 is 5.15. The third kappa shape index (κ3) is 6.71. The summed E-state index contributed by atoms with van der Waals surface area (Å²) in [5, 5.41) is 5.69. The van der Waals surface area contributed by atoms with E-state index >= 15 is 0 Å². The van der Waals surface area contributed by atoms with Crippen LogP contribution in [0.3, 0.4) is 0 Å². The quantitative estimate of drug-likeness (QED) is 0.536. The molecule has 0 aliphatic heterocycles. The summed E-state index contributed by atoms with van der Waals surface area (Å²) >= 11 is 1.27. The Bertz CT molecular complexity index is 642. The summed E-state index contributed by atoms with van der Waals surface area (Å²) in [6.07, 6.45) is 4.22. The van der Waals surface area contributed by atoms with E-state index in [2.05, 4.69) is 10.6 Å². The number of amides is 2. The zero-order valence-corrected chi connectivity index (χ0v) is 16.1. The fourth-order valence-electron chi connectivity index (χ4n) is 2.82. The van der Waals surface area contributed by atoms with Crippen molar-refractivity contribution in [1.29, 1.82) is 0 Å². The summed E-state index contributed by atoms with van der Waals surface area (Å²) in [7, 11) is 0. The molecule has 1 aliphatic carbocycles. The maximum Gasteiger partial charge on any atom is 0.339 e. The van der Waals surface area contributed by atoms with Crippen LogP contribution in [0.25, 0.3) is 0 Å². The number of rotatable bonds is 8. The molecule has 0 spiro atoms. The van der Waals surface area contributed by atoms with Gasteiger partial charge in [0.15, 0.2) is 6.61 Å². The highest BCUT2D eigenvalue weighted by molar-refractivity contribution is 8.00. The normalized spacial score (nSPS) is 14.3. The second-order valence-corrected chi connectivity index (χ2v) is 7.65. The van der Waals surface area contributed by atoms with Gasteiger partial charge in [0.05, 0.1) is 11.3 Å². The maximum absolute atomic E-state index is 12.3. The largest absolute Gasteiger partial charge is 0.452 e. The van der Waals surface area contributed by atoms with Gasteiger partial charge in [0.25, 0.3) is 5.91 Å². The molecule has 0 unspecified atom stereocenters. The third-order valence-electron chi connectivity index (χ3n) is 3.97. The van der Waals surface area contributed by atoms with Crippen LogP contribution in [0.1, 0.15) is 49.9 Å². The van der Waals surface area contributed by atoms with Crippen molar-refractivity contribution in [1.82, 2.24) is 10.6 Å². The van der Waals surface area contributed by atoms with Gasteiger partial charge in [-0.25, -0.2) is 4.79 Å². The number of carbonyl (C=O) groups is 3.